The highest BCUT2D eigenvalue weighted by molar-refractivity contribution is 6.33. The molecule has 1 N–H and O–H groups in total. The number of hydrogen-bond donors (Lipinski definition) is 1. The van der Waals surface area contributed by atoms with Crippen molar-refractivity contribution in [2.75, 3.05) is 12.4 Å². The largest absolute Gasteiger partial charge is 0.497 e. The first-order chi connectivity index (χ1) is 9.93. The van der Waals surface area contributed by atoms with Crippen LogP contribution in [0.3, 0.4) is 0 Å². The fraction of sp³-hybridized carbons (Fsp3) is 0.286. The van der Waals surface area contributed by atoms with Gasteiger partial charge in [0.25, 0.3) is 5.56 Å². The lowest BCUT2D eigenvalue weighted by Gasteiger charge is -2.11. The van der Waals surface area contributed by atoms with E-state index >= 15 is 0 Å². The van der Waals surface area contributed by atoms with Gasteiger partial charge in [-0.15, -0.1) is 0 Å². The van der Waals surface area contributed by atoms with Crippen LogP contribution in [-0.4, -0.2) is 16.2 Å². The Labute approximate surface area is 126 Å². The van der Waals surface area contributed by atoms with Gasteiger partial charge >= 0.3 is 5.69 Å². The maximum atomic E-state index is 12.0. The fourth-order valence-electron chi connectivity index (χ4n) is 1.96. The van der Waals surface area contributed by atoms with Gasteiger partial charge in [-0.05, 0) is 12.1 Å². The smallest absolute Gasteiger partial charge is 0.330 e. The van der Waals surface area contributed by atoms with E-state index < -0.39 is 0 Å². The Kier molecular flexibility index (Phi) is 4.37. The van der Waals surface area contributed by atoms with E-state index in [-0.39, 0.29) is 17.8 Å². The number of aryl methyl sites for hydroxylation is 1. The maximum Gasteiger partial charge on any atom is 0.330 e. The number of ether oxygens (including phenoxy) is 1. The predicted molar refractivity (Wildman–Crippen MR) is 82.3 cm³/mol. The average molecular weight is 310 g/mol. The second kappa shape index (κ2) is 6.05. The number of methoxy groups -OCH3 is 1. The topological polar surface area (TPSA) is 65.3 Å². The Balaban J connectivity index is 2.29. The van der Waals surface area contributed by atoms with Gasteiger partial charge in [0.15, 0.2) is 0 Å². The van der Waals surface area contributed by atoms with Crippen molar-refractivity contribution >= 4 is 17.3 Å². The Morgan fingerprint density at radius 2 is 2.00 bits per heavy atom. The maximum absolute atomic E-state index is 12.0. The molecule has 0 saturated heterocycles. The molecule has 1 aromatic carbocycles. The van der Waals surface area contributed by atoms with Crippen molar-refractivity contribution in [2.24, 2.45) is 14.1 Å². The summed E-state index contributed by atoms with van der Waals surface area (Å²) in [7, 11) is 4.62. The molecule has 1 aromatic heterocycles. The van der Waals surface area contributed by atoms with Crippen molar-refractivity contribution in [2.45, 2.75) is 6.54 Å². The normalized spacial score (nSPS) is 10.5. The molecule has 112 valence electrons. The summed E-state index contributed by atoms with van der Waals surface area (Å²) >= 11 is 6.09. The highest BCUT2D eigenvalue weighted by Crippen LogP contribution is 2.26. The lowest BCUT2D eigenvalue weighted by molar-refractivity contribution is 0.415. The van der Waals surface area contributed by atoms with Crippen LogP contribution in [0.5, 0.6) is 5.75 Å². The highest BCUT2D eigenvalue weighted by Gasteiger charge is 2.08. The van der Waals surface area contributed by atoms with Crippen LogP contribution in [-0.2, 0) is 20.6 Å². The van der Waals surface area contributed by atoms with Gasteiger partial charge in [-0.3, -0.25) is 9.36 Å². The Hall–Kier alpha value is -2.21. The third-order valence-corrected chi connectivity index (χ3v) is 3.49. The first-order valence-electron chi connectivity index (χ1n) is 6.27. The van der Waals surface area contributed by atoms with Gasteiger partial charge in [-0.25, -0.2) is 4.79 Å². The molecule has 6 nitrogen and oxygen atoms in total. The molecule has 0 bridgehead atoms. The van der Waals surface area contributed by atoms with Crippen molar-refractivity contribution in [3.63, 3.8) is 0 Å². The average Bonchev–Trinajstić information content (AvgIpc) is 2.49. The Morgan fingerprint density at radius 1 is 1.29 bits per heavy atom. The second-order valence-electron chi connectivity index (χ2n) is 4.61. The number of aromatic nitrogens is 2. The summed E-state index contributed by atoms with van der Waals surface area (Å²) in [5.41, 5.74) is 0.443. The van der Waals surface area contributed by atoms with Crippen LogP contribution in [0.2, 0.25) is 5.02 Å². The summed E-state index contributed by atoms with van der Waals surface area (Å²) in [4.78, 5) is 23.6. The summed E-state index contributed by atoms with van der Waals surface area (Å²) in [5, 5.41) is 3.60. The van der Waals surface area contributed by atoms with Gasteiger partial charge in [0, 0.05) is 32.9 Å². The number of rotatable bonds is 4. The monoisotopic (exact) mass is 309 g/mol. The van der Waals surface area contributed by atoms with Crippen LogP contribution in [0.4, 0.5) is 5.69 Å². The number of halogens is 1. The lowest BCUT2D eigenvalue weighted by atomic mass is 10.2. The van der Waals surface area contributed by atoms with Gasteiger partial charge in [-0.2, -0.15) is 0 Å². The molecule has 21 heavy (non-hydrogen) atoms. The summed E-state index contributed by atoms with van der Waals surface area (Å²) in [6.07, 6.45) is 1.52. The first-order valence-corrected chi connectivity index (χ1v) is 6.64. The molecule has 0 aliphatic carbocycles. The quantitative estimate of drug-likeness (QED) is 0.926. The van der Waals surface area contributed by atoms with E-state index in [0.29, 0.717) is 22.0 Å². The van der Waals surface area contributed by atoms with Crippen LogP contribution in [0.1, 0.15) is 5.56 Å². The summed E-state index contributed by atoms with van der Waals surface area (Å²) in [5.74, 6) is 0.662. The van der Waals surface area contributed by atoms with Gasteiger partial charge in [0.2, 0.25) is 0 Å². The molecule has 0 unspecified atom stereocenters. The van der Waals surface area contributed by atoms with Gasteiger partial charge in [0.1, 0.15) is 5.75 Å². The van der Waals surface area contributed by atoms with Crippen LogP contribution < -0.4 is 21.3 Å². The Bertz CT molecular complexity index is 780. The van der Waals surface area contributed by atoms with Crippen molar-refractivity contribution in [1.29, 1.82) is 0 Å². The minimum Gasteiger partial charge on any atom is -0.497 e. The molecule has 1 heterocycles. The van der Waals surface area contributed by atoms with E-state index in [4.69, 9.17) is 16.3 Å². The van der Waals surface area contributed by atoms with Crippen LogP contribution in [0.25, 0.3) is 0 Å². The van der Waals surface area contributed by atoms with Gasteiger partial charge < -0.3 is 14.6 Å². The SMILES string of the molecule is COc1ccc(Cl)c(NCc2cn(C)c(=O)n(C)c2=O)c1. The molecule has 0 amide bonds. The molecule has 0 radical (unpaired) electrons. The van der Waals surface area contributed by atoms with E-state index in [1.54, 1.807) is 32.4 Å². The lowest BCUT2D eigenvalue weighted by Crippen LogP contribution is -2.38. The fourth-order valence-corrected chi connectivity index (χ4v) is 2.15. The zero-order valence-electron chi connectivity index (χ0n) is 12.0. The number of nitrogens with one attached hydrogen (secondary N) is 1. The number of hydrogen-bond acceptors (Lipinski definition) is 4. The number of nitrogens with zero attached hydrogens (tertiary/aromatic N) is 2. The summed E-state index contributed by atoms with van der Waals surface area (Å²) < 4.78 is 7.57. The zero-order chi connectivity index (χ0) is 15.6. The molecular formula is C14H16ClN3O3. The Morgan fingerprint density at radius 3 is 2.67 bits per heavy atom. The molecule has 0 spiro atoms. The van der Waals surface area contributed by atoms with E-state index in [2.05, 4.69) is 5.32 Å². The van der Waals surface area contributed by atoms with Crippen molar-refractivity contribution in [3.05, 3.63) is 55.8 Å². The van der Waals surface area contributed by atoms with Crippen LogP contribution >= 0.6 is 11.6 Å². The van der Waals surface area contributed by atoms with E-state index in [1.165, 1.54) is 17.8 Å². The van der Waals surface area contributed by atoms with Crippen molar-refractivity contribution < 1.29 is 4.74 Å². The second-order valence-corrected chi connectivity index (χ2v) is 5.02. The minimum atomic E-state index is -0.358. The minimum absolute atomic E-state index is 0.258. The standard InChI is InChI=1S/C14H16ClN3O3/c1-17-8-9(13(19)18(2)14(17)20)7-16-12-6-10(21-3)4-5-11(12)15/h4-6,8,16H,7H2,1-3H3. The predicted octanol–water partition coefficient (Wildman–Crippen LogP) is 1.36. The van der Waals surface area contributed by atoms with Crippen molar-refractivity contribution in [3.8, 4) is 5.75 Å². The molecule has 0 aliphatic heterocycles. The first kappa shape index (κ1) is 15.2. The van der Waals surface area contributed by atoms with Gasteiger partial charge in [0.05, 0.1) is 23.4 Å². The van der Waals surface area contributed by atoms with E-state index in [9.17, 15) is 9.59 Å². The molecular weight excluding hydrogens is 294 g/mol. The molecule has 2 rings (SSSR count). The van der Waals surface area contributed by atoms with E-state index in [1.807, 2.05) is 0 Å². The summed E-state index contributed by atoms with van der Waals surface area (Å²) in [6.45, 7) is 0.258. The van der Waals surface area contributed by atoms with Crippen LogP contribution in [0.15, 0.2) is 34.0 Å². The van der Waals surface area contributed by atoms with Crippen molar-refractivity contribution in [1.82, 2.24) is 9.13 Å². The molecule has 7 heteroatoms. The number of anilines is 1. The molecule has 0 aliphatic rings. The molecule has 2 aromatic rings. The molecule has 0 saturated carbocycles. The summed E-state index contributed by atoms with van der Waals surface area (Å²) in [6, 6.07) is 5.20. The molecule has 0 atom stereocenters. The van der Waals surface area contributed by atoms with E-state index in [0.717, 1.165) is 4.57 Å². The third-order valence-electron chi connectivity index (χ3n) is 3.16. The van der Waals surface area contributed by atoms with Crippen LogP contribution in [0, 0.1) is 0 Å². The zero-order valence-corrected chi connectivity index (χ0v) is 12.8. The van der Waals surface area contributed by atoms with Gasteiger partial charge in [-0.1, -0.05) is 11.6 Å². The number of benzene rings is 1. The third kappa shape index (κ3) is 3.11. The highest BCUT2D eigenvalue weighted by atomic mass is 35.5. The molecule has 0 fully saturated rings.